The van der Waals surface area contributed by atoms with Crippen molar-refractivity contribution in [3.63, 3.8) is 0 Å². The van der Waals surface area contributed by atoms with Crippen molar-refractivity contribution >= 4 is 17.8 Å². The molecule has 0 spiro atoms. The van der Waals surface area contributed by atoms with E-state index in [-0.39, 0.29) is 12.8 Å². The van der Waals surface area contributed by atoms with Crippen LogP contribution in [0.2, 0.25) is 0 Å². The molecule has 6 heteroatoms. The summed E-state index contributed by atoms with van der Waals surface area (Å²) < 4.78 is 9.49. The Hall–Kier alpha value is -3.15. The van der Waals surface area contributed by atoms with Crippen LogP contribution < -0.4 is 5.32 Å². The van der Waals surface area contributed by atoms with Crippen LogP contribution in [-0.2, 0) is 23.9 Å². The van der Waals surface area contributed by atoms with Crippen LogP contribution in [0.1, 0.15) is 29.9 Å². The van der Waals surface area contributed by atoms with Gasteiger partial charge in [-0.15, -0.1) is 0 Å². The molecule has 0 bridgehead atoms. The maximum Gasteiger partial charge on any atom is 0.329 e. The number of esters is 2. The Kier molecular flexibility index (Phi) is 7.55. The van der Waals surface area contributed by atoms with E-state index in [1.54, 1.807) is 0 Å². The first-order valence-corrected chi connectivity index (χ1v) is 8.60. The highest BCUT2D eigenvalue weighted by molar-refractivity contribution is 5.87. The summed E-state index contributed by atoms with van der Waals surface area (Å²) in [6.07, 6.45) is -0.131. The number of nitrogens with one attached hydrogen (secondary N) is 1. The molecule has 0 aliphatic rings. The summed E-state index contributed by atoms with van der Waals surface area (Å²) in [6, 6.07) is 17.9. The van der Waals surface area contributed by atoms with Gasteiger partial charge in [-0.3, -0.25) is 9.59 Å². The van der Waals surface area contributed by atoms with Crippen LogP contribution in [0.5, 0.6) is 0 Å². The van der Waals surface area contributed by atoms with Crippen molar-refractivity contribution in [3.8, 4) is 0 Å². The Labute approximate surface area is 158 Å². The van der Waals surface area contributed by atoms with Gasteiger partial charge in [0, 0.05) is 12.3 Å². The molecule has 2 aromatic carbocycles. The maximum atomic E-state index is 12.5. The quantitative estimate of drug-likeness (QED) is 0.723. The van der Waals surface area contributed by atoms with E-state index in [1.807, 2.05) is 60.7 Å². The first-order valence-electron chi connectivity index (χ1n) is 8.60. The average Bonchev–Trinajstić information content (AvgIpc) is 2.72. The average molecular weight is 369 g/mol. The third-order valence-electron chi connectivity index (χ3n) is 4.21. The van der Waals surface area contributed by atoms with Crippen molar-refractivity contribution in [2.45, 2.75) is 24.8 Å². The third-order valence-corrected chi connectivity index (χ3v) is 4.21. The predicted octanol–water partition coefficient (Wildman–Crippen LogP) is 2.43. The number of ether oxygens (including phenoxy) is 2. The Morgan fingerprint density at radius 1 is 0.815 bits per heavy atom. The standard InChI is InChI=1S/C21H23NO5/c1-26-18(24)14-13-17(23)22-20(21(25)27-2)19(15-9-5-3-6-10-15)16-11-7-4-8-12-16/h3-12,19-20H,13-14H2,1-2H3,(H,22,23)/t20-/m0/s1. The zero-order valence-electron chi connectivity index (χ0n) is 15.4. The molecule has 0 aliphatic heterocycles. The molecule has 0 aliphatic carbocycles. The fourth-order valence-corrected chi connectivity index (χ4v) is 2.87. The highest BCUT2D eigenvalue weighted by atomic mass is 16.5. The van der Waals surface area contributed by atoms with E-state index >= 15 is 0 Å². The van der Waals surface area contributed by atoms with Crippen molar-refractivity contribution in [1.29, 1.82) is 0 Å². The summed E-state index contributed by atoms with van der Waals surface area (Å²) in [5, 5.41) is 2.72. The molecule has 0 saturated carbocycles. The molecule has 0 fully saturated rings. The molecule has 0 saturated heterocycles. The van der Waals surface area contributed by atoms with Gasteiger partial charge in [0.15, 0.2) is 0 Å². The topological polar surface area (TPSA) is 81.7 Å². The fourth-order valence-electron chi connectivity index (χ4n) is 2.87. The second-order valence-electron chi connectivity index (χ2n) is 5.94. The van der Waals surface area contributed by atoms with Gasteiger partial charge in [0.1, 0.15) is 6.04 Å². The van der Waals surface area contributed by atoms with Crippen LogP contribution >= 0.6 is 0 Å². The van der Waals surface area contributed by atoms with Crippen LogP contribution in [0.4, 0.5) is 0 Å². The lowest BCUT2D eigenvalue weighted by Gasteiger charge is -2.27. The van der Waals surface area contributed by atoms with E-state index in [2.05, 4.69) is 10.1 Å². The second-order valence-corrected chi connectivity index (χ2v) is 5.94. The van der Waals surface area contributed by atoms with Crippen molar-refractivity contribution in [2.75, 3.05) is 14.2 Å². The molecular formula is C21H23NO5. The van der Waals surface area contributed by atoms with Gasteiger partial charge in [-0.1, -0.05) is 60.7 Å². The largest absolute Gasteiger partial charge is 0.469 e. The van der Waals surface area contributed by atoms with Crippen molar-refractivity contribution in [2.24, 2.45) is 0 Å². The van der Waals surface area contributed by atoms with E-state index in [9.17, 15) is 14.4 Å². The van der Waals surface area contributed by atoms with Gasteiger partial charge in [-0.2, -0.15) is 0 Å². The lowest BCUT2D eigenvalue weighted by Crippen LogP contribution is -2.46. The molecule has 142 valence electrons. The van der Waals surface area contributed by atoms with Crippen molar-refractivity contribution in [1.82, 2.24) is 5.32 Å². The summed E-state index contributed by atoms with van der Waals surface area (Å²) in [5.41, 5.74) is 1.74. The van der Waals surface area contributed by atoms with Gasteiger partial charge < -0.3 is 14.8 Å². The number of methoxy groups -OCH3 is 2. The molecule has 0 unspecified atom stereocenters. The van der Waals surface area contributed by atoms with Crippen LogP contribution in [0.15, 0.2) is 60.7 Å². The molecule has 0 aromatic heterocycles. The van der Waals surface area contributed by atoms with Gasteiger partial charge >= 0.3 is 11.9 Å². The minimum Gasteiger partial charge on any atom is -0.469 e. The smallest absolute Gasteiger partial charge is 0.329 e. The first-order chi connectivity index (χ1) is 13.1. The molecule has 1 atom stereocenters. The van der Waals surface area contributed by atoms with Crippen LogP contribution in [-0.4, -0.2) is 38.1 Å². The van der Waals surface area contributed by atoms with Crippen molar-refractivity contribution in [3.05, 3.63) is 71.8 Å². The number of amides is 1. The summed E-state index contributed by atoms with van der Waals surface area (Å²) in [6.45, 7) is 0. The predicted molar refractivity (Wildman–Crippen MR) is 99.9 cm³/mol. The van der Waals surface area contributed by atoms with E-state index in [0.29, 0.717) is 0 Å². The summed E-state index contributed by atoms with van der Waals surface area (Å²) in [5.74, 6) is -1.89. The number of hydrogen-bond acceptors (Lipinski definition) is 5. The highest BCUT2D eigenvalue weighted by Crippen LogP contribution is 2.29. The van der Waals surface area contributed by atoms with E-state index in [1.165, 1.54) is 14.2 Å². The molecule has 2 aromatic rings. The monoisotopic (exact) mass is 369 g/mol. The molecule has 27 heavy (non-hydrogen) atoms. The molecule has 1 amide bonds. The highest BCUT2D eigenvalue weighted by Gasteiger charge is 2.33. The summed E-state index contributed by atoms with van der Waals surface area (Å²) in [4.78, 5) is 36.1. The Morgan fingerprint density at radius 2 is 1.33 bits per heavy atom. The minimum absolute atomic E-state index is 0.0580. The zero-order chi connectivity index (χ0) is 19.6. The number of carbonyl (C=O) groups is 3. The first kappa shape index (κ1) is 20.2. The van der Waals surface area contributed by atoms with E-state index < -0.39 is 29.8 Å². The number of rotatable bonds is 8. The SMILES string of the molecule is COC(=O)CCC(=O)N[C@H](C(=O)OC)C(c1ccccc1)c1ccccc1. The molecule has 0 heterocycles. The van der Waals surface area contributed by atoms with Crippen LogP contribution in [0.3, 0.4) is 0 Å². The molecular weight excluding hydrogens is 346 g/mol. The lowest BCUT2D eigenvalue weighted by atomic mass is 9.85. The minimum atomic E-state index is -0.926. The zero-order valence-corrected chi connectivity index (χ0v) is 15.4. The molecule has 2 rings (SSSR count). The summed E-state index contributed by atoms with van der Waals surface area (Å²) >= 11 is 0. The van der Waals surface area contributed by atoms with E-state index in [0.717, 1.165) is 11.1 Å². The van der Waals surface area contributed by atoms with Crippen LogP contribution in [0, 0.1) is 0 Å². The second kappa shape index (κ2) is 10.1. The number of carbonyl (C=O) groups excluding carboxylic acids is 3. The Morgan fingerprint density at radius 3 is 1.78 bits per heavy atom. The van der Waals surface area contributed by atoms with Gasteiger partial charge in [0.25, 0.3) is 0 Å². The lowest BCUT2D eigenvalue weighted by molar-refractivity contribution is -0.145. The third kappa shape index (κ3) is 5.67. The molecule has 1 N–H and O–H groups in total. The van der Waals surface area contributed by atoms with Gasteiger partial charge in [0.2, 0.25) is 5.91 Å². The van der Waals surface area contributed by atoms with Crippen molar-refractivity contribution < 1.29 is 23.9 Å². The number of hydrogen-bond donors (Lipinski definition) is 1. The van der Waals surface area contributed by atoms with E-state index in [4.69, 9.17) is 4.74 Å². The fraction of sp³-hybridized carbons (Fsp3) is 0.286. The Balaban J connectivity index is 2.33. The van der Waals surface area contributed by atoms with Crippen LogP contribution in [0.25, 0.3) is 0 Å². The maximum absolute atomic E-state index is 12.5. The van der Waals surface area contributed by atoms with Gasteiger partial charge in [0.05, 0.1) is 20.6 Å². The normalized spacial score (nSPS) is 11.5. The van der Waals surface area contributed by atoms with Gasteiger partial charge in [-0.25, -0.2) is 4.79 Å². The molecule has 6 nitrogen and oxygen atoms in total. The summed E-state index contributed by atoms with van der Waals surface area (Å²) in [7, 11) is 2.54. The number of benzene rings is 2. The Bertz CT molecular complexity index is 721. The molecule has 0 radical (unpaired) electrons. The van der Waals surface area contributed by atoms with Gasteiger partial charge in [-0.05, 0) is 11.1 Å².